The van der Waals surface area contributed by atoms with Gasteiger partial charge in [0.2, 0.25) is 0 Å². The van der Waals surface area contributed by atoms with Crippen LogP contribution in [0.1, 0.15) is 63.8 Å². The zero-order valence-corrected chi connectivity index (χ0v) is 33.5. The third-order valence-corrected chi connectivity index (χ3v) is 11.3. The molecule has 7 aromatic carbocycles. The second-order valence-electron chi connectivity index (χ2n) is 17.5. The van der Waals surface area contributed by atoms with Crippen LogP contribution in [0.4, 0.5) is 0 Å². The molecule has 0 unspecified atom stereocenters. The maximum Gasteiger partial charge on any atom is 0.149 e. The minimum atomic E-state index is -0.300. The molecule has 0 spiro atoms. The molecule has 0 fully saturated rings. The summed E-state index contributed by atoms with van der Waals surface area (Å²) in [6, 6.07) is 47.5. The van der Waals surface area contributed by atoms with Crippen LogP contribution >= 0.6 is 0 Å². The van der Waals surface area contributed by atoms with Gasteiger partial charge in [-0.05, 0) is 94.8 Å². The van der Waals surface area contributed by atoms with E-state index in [1.807, 2.05) is 6.07 Å². The number of aryl methyl sites for hydroxylation is 2. The number of aromatic nitrogens is 3. The first-order valence-electron chi connectivity index (χ1n) is 19.6. The van der Waals surface area contributed by atoms with E-state index in [-0.39, 0.29) is 16.6 Å². The number of phenolic OH excluding ortho intramolecular Hbond substituents is 1. The van der Waals surface area contributed by atoms with Crippen molar-refractivity contribution < 1.29 is 5.11 Å². The summed E-state index contributed by atoms with van der Waals surface area (Å²) < 4.78 is 2.27. The fourth-order valence-corrected chi connectivity index (χ4v) is 8.28. The van der Waals surface area contributed by atoms with Crippen molar-refractivity contribution in [1.82, 2.24) is 14.5 Å². The van der Waals surface area contributed by atoms with Crippen molar-refractivity contribution in [3.8, 4) is 45.1 Å². The predicted octanol–water partition coefficient (Wildman–Crippen LogP) is 13.8. The average Bonchev–Trinajstić information content (AvgIpc) is 3.56. The number of hydrogen-bond acceptors (Lipinski definition) is 3. The molecule has 0 saturated carbocycles. The number of phenols is 1. The van der Waals surface area contributed by atoms with E-state index in [0.717, 1.165) is 82.9 Å². The maximum atomic E-state index is 12.4. The fraction of sp³-hybridized carbons (Fsp3) is 0.192. The first kappa shape index (κ1) is 35.4. The van der Waals surface area contributed by atoms with Gasteiger partial charge in [-0.2, -0.15) is 0 Å². The molecule has 0 aliphatic heterocycles. The Bertz CT molecular complexity index is 3010. The fourth-order valence-electron chi connectivity index (χ4n) is 8.28. The van der Waals surface area contributed by atoms with Crippen LogP contribution in [0.5, 0.6) is 5.75 Å². The van der Waals surface area contributed by atoms with Crippen LogP contribution in [0, 0.1) is 13.8 Å². The minimum Gasteiger partial charge on any atom is -0.507 e. The van der Waals surface area contributed by atoms with Crippen LogP contribution in [0.3, 0.4) is 0 Å². The number of hydrogen-bond donors (Lipinski definition) is 1. The lowest BCUT2D eigenvalue weighted by Crippen LogP contribution is -2.17. The maximum absolute atomic E-state index is 12.4. The van der Waals surface area contributed by atoms with E-state index in [9.17, 15) is 5.11 Å². The Balaban J connectivity index is 1.39. The summed E-state index contributed by atoms with van der Waals surface area (Å²) in [7, 11) is 0. The summed E-state index contributed by atoms with van der Waals surface area (Å²) in [5.74, 6) is 0.974. The molecule has 0 saturated heterocycles. The van der Waals surface area contributed by atoms with E-state index in [1.165, 1.54) is 16.5 Å². The highest BCUT2D eigenvalue weighted by Crippen LogP contribution is 2.45. The standard InChI is InChI=1S/C52H47N3O/c1-31-21-24-45(40(25-31)33-15-10-9-11-16-33)55-46-20-14-18-39(48(46)54-50(55)42-29-37(51(3,4)5)30-43(49(42)56)52(6,7)8)36-26-32(2)38-23-22-35-27-34-17-12-13-19-44(34)53-47(35)41(38)28-36/h9-30,56H,1-8H3. The van der Waals surface area contributed by atoms with Crippen LogP contribution in [0.2, 0.25) is 0 Å². The van der Waals surface area contributed by atoms with Gasteiger partial charge in [0.15, 0.2) is 0 Å². The third kappa shape index (κ3) is 5.92. The Morgan fingerprint density at radius 1 is 0.536 bits per heavy atom. The SMILES string of the molecule is Cc1ccc(-n2c(-c3cc(C(C)(C)C)cc(C(C)(C)C)c3O)nc3c(-c4cc(C)c5ccc6cc7ccccc7nc6c5c4)cccc32)c(-c2ccccc2)c1. The van der Waals surface area contributed by atoms with E-state index in [4.69, 9.17) is 9.97 Å². The molecular weight excluding hydrogens is 683 g/mol. The van der Waals surface area contributed by atoms with Crippen molar-refractivity contribution in [3.63, 3.8) is 0 Å². The Labute approximate surface area is 329 Å². The first-order chi connectivity index (χ1) is 26.8. The van der Waals surface area contributed by atoms with Crippen molar-refractivity contribution in [2.75, 3.05) is 0 Å². The third-order valence-electron chi connectivity index (χ3n) is 11.3. The number of imidazole rings is 1. The Hall–Kier alpha value is -6.26. The quantitative estimate of drug-likeness (QED) is 0.145. The molecule has 9 rings (SSSR count). The molecule has 0 bridgehead atoms. The number of nitrogens with zero attached hydrogens (tertiary/aromatic N) is 3. The highest BCUT2D eigenvalue weighted by atomic mass is 16.3. The van der Waals surface area contributed by atoms with Gasteiger partial charge in [0.1, 0.15) is 11.6 Å². The van der Waals surface area contributed by atoms with Gasteiger partial charge in [0.25, 0.3) is 0 Å². The first-order valence-corrected chi connectivity index (χ1v) is 19.6. The van der Waals surface area contributed by atoms with Crippen LogP contribution in [-0.4, -0.2) is 19.6 Å². The van der Waals surface area contributed by atoms with Crippen molar-refractivity contribution in [2.45, 2.75) is 66.2 Å². The van der Waals surface area contributed by atoms with Gasteiger partial charge >= 0.3 is 0 Å². The minimum absolute atomic E-state index is 0.158. The Kier molecular flexibility index (Phi) is 8.17. The summed E-state index contributed by atoms with van der Waals surface area (Å²) >= 11 is 0. The molecule has 2 heterocycles. The number of fused-ring (bicyclic) bond motifs is 5. The zero-order valence-electron chi connectivity index (χ0n) is 33.5. The summed E-state index contributed by atoms with van der Waals surface area (Å²) in [6.07, 6.45) is 0. The van der Waals surface area contributed by atoms with Crippen LogP contribution in [-0.2, 0) is 10.8 Å². The summed E-state index contributed by atoms with van der Waals surface area (Å²) in [6.45, 7) is 17.5. The van der Waals surface area contributed by atoms with Gasteiger partial charge in [-0.15, -0.1) is 0 Å². The van der Waals surface area contributed by atoms with E-state index < -0.39 is 0 Å². The second kappa shape index (κ2) is 12.9. The lowest BCUT2D eigenvalue weighted by Gasteiger charge is -2.27. The number of para-hydroxylation sites is 2. The molecule has 9 aromatic rings. The van der Waals surface area contributed by atoms with Crippen molar-refractivity contribution in [1.29, 1.82) is 0 Å². The lowest BCUT2D eigenvalue weighted by molar-refractivity contribution is 0.446. The van der Waals surface area contributed by atoms with Gasteiger partial charge in [-0.3, -0.25) is 4.57 Å². The highest BCUT2D eigenvalue weighted by Gasteiger charge is 2.29. The molecular formula is C52H47N3O. The monoisotopic (exact) mass is 729 g/mol. The summed E-state index contributed by atoms with van der Waals surface area (Å²) in [4.78, 5) is 10.8. The number of rotatable bonds is 4. The number of aromatic hydroxyl groups is 1. The van der Waals surface area contributed by atoms with E-state index in [1.54, 1.807) is 0 Å². The number of pyridine rings is 1. The van der Waals surface area contributed by atoms with E-state index >= 15 is 0 Å². The normalized spacial score (nSPS) is 12.4. The molecule has 4 heteroatoms. The molecule has 1 N–H and O–H groups in total. The van der Waals surface area contributed by atoms with E-state index in [2.05, 4.69) is 187 Å². The molecule has 0 aliphatic carbocycles. The largest absolute Gasteiger partial charge is 0.507 e. The topological polar surface area (TPSA) is 50.9 Å². The van der Waals surface area contributed by atoms with Crippen molar-refractivity contribution in [3.05, 3.63) is 156 Å². The molecule has 4 nitrogen and oxygen atoms in total. The highest BCUT2D eigenvalue weighted by molar-refractivity contribution is 6.11. The Morgan fingerprint density at radius 3 is 2.07 bits per heavy atom. The number of benzene rings is 7. The molecule has 56 heavy (non-hydrogen) atoms. The van der Waals surface area contributed by atoms with Crippen molar-refractivity contribution >= 4 is 43.6 Å². The summed E-state index contributed by atoms with van der Waals surface area (Å²) in [5.41, 5.74) is 13.8. The van der Waals surface area contributed by atoms with Crippen LogP contribution < -0.4 is 0 Å². The van der Waals surface area contributed by atoms with Crippen molar-refractivity contribution in [2.24, 2.45) is 0 Å². The Morgan fingerprint density at radius 2 is 1.30 bits per heavy atom. The average molecular weight is 730 g/mol. The van der Waals surface area contributed by atoms with Crippen LogP contribution in [0.15, 0.2) is 133 Å². The molecule has 0 aliphatic rings. The van der Waals surface area contributed by atoms with Crippen LogP contribution in [0.25, 0.3) is 82.9 Å². The smallest absolute Gasteiger partial charge is 0.149 e. The molecule has 0 amide bonds. The molecule has 0 atom stereocenters. The second-order valence-corrected chi connectivity index (χ2v) is 17.5. The van der Waals surface area contributed by atoms with Gasteiger partial charge in [-0.1, -0.05) is 138 Å². The van der Waals surface area contributed by atoms with Gasteiger partial charge < -0.3 is 5.11 Å². The molecule has 276 valence electrons. The summed E-state index contributed by atoms with van der Waals surface area (Å²) in [5, 5.41) is 16.9. The predicted molar refractivity (Wildman–Crippen MR) is 236 cm³/mol. The van der Waals surface area contributed by atoms with Gasteiger partial charge in [0, 0.05) is 32.8 Å². The van der Waals surface area contributed by atoms with Gasteiger partial charge in [-0.25, -0.2) is 9.97 Å². The van der Waals surface area contributed by atoms with E-state index in [0.29, 0.717) is 5.82 Å². The molecule has 0 radical (unpaired) electrons. The van der Waals surface area contributed by atoms with Gasteiger partial charge in [0.05, 0.1) is 33.3 Å². The zero-order chi connectivity index (χ0) is 39.1. The lowest BCUT2D eigenvalue weighted by atomic mass is 9.79. The molecule has 2 aromatic heterocycles.